The summed E-state index contributed by atoms with van der Waals surface area (Å²) in [5.41, 5.74) is 7.28. The SMILES string of the molecule is CN1CCC(N(C)C(=O)c2cccc(CC(N)=S)c2)CC1. The molecule has 1 aliphatic heterocycles. The van der Waals surface area contributed by atoms with Gasteiger partial charge in [-0.25, -0.2) is 0 Å². The Labute approximate surface area is 131 Å². The molecule has 0 aromatic heterocycles. The molecule has 0 spiro atoms. The van der Waals surface area contributed by atoms with Gasteiger partial charge in [0.25, 0.3) is 5.91 Å². The lowest BCUT2D eigenvalue weighted by Gasteiger charge is -2.35. The Hall–Kier alpha value is -1.46. The topological polar surface area (TPSA) is 49.6 Å². The van der Waals surface area contributed by atoms with Crippen molar-refractivity contribution in [3.05, 3.63) is 35.4 Å². The van der Waals surface area contributed by atoms with Crippen molar-refractivity contribution in [1.29, 1.82) is 0 Å². The first-order valence-electron chi connectivity index (χ1n) is 7.30. The van der Waals surface area contributed by atoms with E-state index in [0.717, 1.165) is 31.5 Å². The molecule has 0 atom stereocenters. The number of rotatable bonds is 4. The zero-order valence-corrected chi connectivity index (χ0v) is 13.5. The third-order valence-corrected chi connectivity index (χ3v) is 4.25. The number of likely N-dealkylation sites (tertiary alicyclic amines) is 1. The average molecular weight is 305 g/mol. The van der Waals surface area contributed by atoms with Crippen molar-refractivity contribution in [3.8, 4) is 0 Å². The standard InChI is InChI=1S/C16H23N3OS/c1-18-8-6-14(7-9-18)19(2)16(20)13-5-3-4-12(10-13)11-15(17)21/h3-5,10,14H,6-9,11H2,1-2H3,(H2,17,21). The number of amides is 1. The van der Waals surface area contributed by atoms with Crippen LogP contribution in [0.15, 0.2) is 24.3 Å². The number of benzene rings is 1. The van der Waals surface area contributed by atoms with E-state index >= 15 is 0 Å². The molecule has 1 fully saturated rings. The van der Waals surface area contributed by atoms with E-state index in [0.29, 0.717) is 23.0 Å². The van der Waals surface area contributed by atoms with Gasteiger partial charge in [-0.05, 0) is 50.7 Å². The van der Waals surface area contributed by atoms with Crippen LogP contribution < -0.4 is 5.73 Å². The summed E-state index contributed by atoms with van der Waals surface area (Å²) >= 11 is 4.93. The van der Waals surface area contributed by atoms with Gasteiger partial charge in [0.05, 0.1) is 4.99 Å². The molecule has 0 saturated carbocycles. The van der Waals surface area contributed by atoms with Gasteiger partial charge in [0.2, 0.25) is 0 Å². The second-order valence-electron chi connectivity index (χ2n) is 5.79. The highest BCUT2D eigenvalue weighted by molar-refractivity contribution is 7.80. The summed E-state index contributed by atoms with van der Waals surface area (Å²) in [4.78, 5) is 17.2. The van der Waals surface area contributed by atoms with Crippen molar-refractivity contribution in [2.75, 3.05) is 27.2 Å². The zero-order valence-electron chi connectivity index (χ0n) is 12.7. The van der Waals surface area contributed by atoms with Gasteiger partial charge in [0.1, 0.15) is 0 Å². The lowest BCUT2D eigenvalue weighted by Crippen LogP contribution is -2.44. The summed E-state index contributed by atoms with van der Waals surface area (Å²) in [6.07, 6.45) is 2.60. The molecular formula is C16H23N3OS. The summed E-state index contributed by atoms with van der Waals surface area (Å²) < 4.78 is 0. The van der Waals surface area contributed by atoms with Gasteiger partial charge in [-0.15, -0.1) is 0 Å². The number of thiocarbonyl (C=S) groups is 1. The van der Waals surface area contributed by atoms with Gasteiger partial charge >= 0.3 is 0 Å². The van der Waals surface area contributed by atoms with Crippen LogP contribution in [0.2, 0.25) is 0 Å². The van der Waals surface area contributed by atoms with Crippen LogP contribution in [-0.2, 0) is 6.42 Å². The lowest BCUT2D eigenvalue weighted by molar-refractivity contribution is 0.0659. The van der Waals surface area contributed by atoms with Crippen molar-refractivity contribution >= 4 is 23.1 Å². The first-order valence-corrected chi connectivity index (χ1v) is 7.71. The van der Waals surface area contributed by atoms with Crippen molar-refractivity contribution in [2.45, 2.75) is 25.3 Å². The molecule has 0 bridgehead atoms. The van der Waals surface area contributed by atoms with Gasteiger partial charge in [-0.3, -0.25) is 4.79 Å². The predicted molar refractivity (Wildman–Crippen MR) is 89.5 cm³/mol. The first kappa shape index (κ1) is 15.9. The molecule has 1 amide bonds. The Bertz CT molecular complexity index is 524. The Morgan fingerprint density at radius 1 is 1.43 bits per heavy atom. The molecule has 5 heteroatoms. The Morgan fingerprint density at radius 2 is 2.10 bits per heavy atom. The molecule has 114 valence electrons. The minimum atomic E-state index is 0.0781. The van der Waals surface area contributed by atoms with Crippen molar-refractivity contribution < 1.29 is 4.79 Å². The molecule has 21 heavy (non-hydrogen) atoms. The number of carbonyl (C=O) groups excluding carboxylic acids is 1. The molecule has 1 heterocycles. The molecule has 0 radical (unpaired) electrons. The monoisotopic (exact) mass is 305 g/mol. The van der Waals surface area contributed by atoms with Crippen LogP contribution in [0.25, 0.3) is 0 Å². The second kappa shape index (κ2) is 7.00. The highest BCUT2D eigenvalue weighted by atomic mass is 32.1. The maximum atomic E-state index is 12.6. The van der Waals surface area contributed by atoms with E-state index in [-0.39, 0.29) is 5.91 Å². The van der Waals surface area contributed by atoms with E-state index in [4.69, 9.17) is 18.0 Å². The highest BCUT2D eigenvalue weighted by Crippen LogP contribution is 2.17. The number of piperidine rings is 1. The molecule has 1 aromatic rings. The van der Waals surface area contributed by atoms with Crippen LogP contribution in [0, 0.1) is 0 Å². The zero-order chi connectivity index (χ0) is 15.4. The van der Waals surface area contributed by atoms with Gasteiger partial charge in [0.15, 0.2) is 0 Å². The smallest absolute Gasteiger partial charge is 0.253 e. The molecule has 0 aliphatic carbocycles. The van der Waals surface area contributed by atoms with Gasteiger partial charge in [-0.1, -0.05) is 24.4 Å². The van der Waals surface area contributed by atoms with Crippen LogP contribution in [0.4, 0.5) is 0 Å². The van der Waals surface area contributed by atoms with E-state index in [1.165, 1.54) is 0 Å². The summed E-state index contributed by atoms with van der Waals surface area (Å²) in [6.45, 7) is 2.09. The van der Waals surface area contributed by atoms with Crippen LogP contribution in [0.1, 0.15) is 28.8 Å². The summed E-state index contributed by atoms with van der Waals surface area (Å²) in [6, 6.07) is 7.92. The summed E-state index contributed by atoms with van der Waals surface area (Å²) in [5.74, 6) is 0.0781. The molecule has 0 unspecified atom stereocenters. The summed E-state index contributed by atoms with van der Waals surface area (Å²) in [5, 5.41) is 0. The summed E-state index contributed by atoms with van der Waals surface area (Å²) in [7, 11) is 4.02. The van der Waals surface area contributed by atoms with Crippen molar-refractivity contribution in [1.82, 2.24) is 9.80 Å². The van der Waals surface area contributed by atoms with Crippen LogP contribution in [0.3, 0.4) is 0 Å². The highest BCUT2D eigenvalue weighted by Gasteiger charge is 2.24. The molecule has 2 N–H and O–H groups in total. The van der Waals surface area contributed by atoms with Crippen LogP contribution >= 0.6 is 12.2 Å². The molecule has 4 nitrogen and oxygen atoms in total. The quantitative estimate of drug-likeness (QED) is 0.860. The minimum absolute atomic E-state index is 0.0781. The fourth-order valence-electron chi connectivity index (χ4n) is 2.77. The fourth-order valence-corrected chi connectivity index (χ4v) is 2.93. The average Bonchev–Trinajstić information content (AvgIpc) is 2.46. The van der Waals surface area contributed by atoms with Gasteiger partial charge in [0, 0.05) is 25.1 Å². The van der Waals surface area contributed by atoms with Crippen molar-refractivity contribution in [3.63, 3.8) is 0 Å². The van der Waals surface area contributed by atoms with E-state index in [2.05, 4.69) is 11.9 Å². The van der Waals surface area contributed by atoms with Crippen molar-refractivity contribution in [2.24, 2.45) is 5.73 Å². The second-order valence-corrected chi connectivity index (χ2v) is 6.32. The maximum absolute atomic E-state index is 12.6. The number of hydrogen-bond donors (Lipinski definition) is 1. The predicted octanol–water partition coefficient (Wildman–Crippen LogP) is 1.68. The van der Waals surface area contributed by atoms with Gasteiger partial charge in [-0.2, -0.15) is 0 Å². The Kier molecular flexibility index (Phi) is 5.31. The van der Waals surface area contributed by atoms with Crippen LogP contribution in [-0.4, -0.2) is 53.9 Å². The Morgan fingerprint density at radius 3 is 2.71 bits per heavy atom. The van der Waals surface area contributed by atoms with E-state index in [9.17, 15) is 4.79 Å². The number of nitrogens with zero attached hydrogens (tertiary/aromatic N) is 2. The van der Waals surface area contributed by atoms with E-state index in [1.54, 1.807) is 0 Å². The maximum Gasteiger partial charge on any atom is 0.253 e. The molecule has 2 rings (SSSR count). The van der Waals surface area contributed by atoms with E-state index in [1.807, 2.05) is 36.2 Å². The molecular weight excluding hydrogens is 282 g/mol. The normalized spacial score (nSPS) is 16.7. The molecule has 1 saturated heterocycles. The third-order valence-electron chi connectivity index (χ3n) is 4.11. The largest absolute Gasteiger partial charge is 0.393 e. The lowest BCUT2D eigenvalue weighted by atomic mass is 10.0. The van der Waals surface area contributed by atoms with Crippen LogP contribution in [0.5, 0.6) is 0 Å². The first-order chi connectivity index (χ1) is 9.97. The fraction of sp³-hybridized carbons (Fsp3) is 0.500. The third kappa shape index (κ3) is 4.25. The minimum Gasteiger partial charge on any atom is -0.393 e. The number of hydrogen-bond acceptors (Lipinski definition) is 3. The molecule has 1 aliphatic rings. The Balaban J connectivity index is 2.06. The molecule has 1 aromatic carbocycles. The van der Waals surface area contributed by atoms with Gasteiger partial charge < -0.3 is 15.5 Å². The number of nitrogens with two attached hydrogens (primary N) is 1. The van der Waals surface area contributed by atoms with E-state index < -0.39 is 0 Å². The number of carbonyl (C=O) groups is 1.